The number of furan rings is 2. The fourth-order valence-electron chi connectivity index (χ4n) is 13.9. The fourth-order valence-corrected chi connectivity index (χ4v) is 13.9. The molecule has 2 aliphatic rings. The molecule has 2 aliphatic carbocycles. The predicted octanol–water partition coefficient (Wildman–Crippen LogP) is 19.7. The highest BCUT2D eigenvalue weighted by molar-refractivity contribution is 6.26. The van der Waals surface area contributed by atoms with E-state index in [1.807, 2.05) is 78.9 Å². The van der Waals surface area contributed by atoms with Gasteiger partial charge < -0.3 is 18.4 Å². The Morgan fingerprint density at radius 2 is 0.829 bits per heavy atom. The van der Waals surface area contributed by atoms with E-state index < -0.39 is 0 Å². The monoisotopic (exact) mass is 1050 g/mol. The minimum absolute atomic E-state index is 0.00900. The molecule has 11 aromatic carbocycles. The van der Waals surface area contributed by atoms with Crippen molar-refractivity contribution in [3.8, 4) is 62.1 Å². The quantitative estimate of drug-likeness (QED) is 0.190. The number of nitrogens with zero attached hydrogens (tertiary/aromatic N) is 4. The van der Waals surface area contributed by atoms with Gasteiger partial charge in [0.15, 0.2) is 17.5 Å². The van der Waals surface area contributed by atoms with E-state index in [-0.39, 0.29) is 10.8 Å². The van der Waals surface area contributed by atoms with Gasteiger partial charge >= 0.3 is 0 Å². The van der Waals surface area contributed by atoms with E-state index in [4.69, 9.17) is 23.8 Å². The maximum Gasteiger partial charge on any atom is 0.164 e. The van der Waals surface area contributed by atoms with Gasteiger partial charge in [0.2, 0.25) is 0 Å². The van der Waals surface area contributed by atoms with Gasteiger partial charge in [-0.25, -0.2) is 15.0 Å². The van der Waals surface area contributed by atoms with Gasteiger partial charge in [0.05, 0.1) is 27.3 Å². The fraction of sp³-hybridized carbons (Fsp3) is 0.0800. The van der Waals surface area contributed by atoms with Gasteiger partial charge in [-0.2, -0.15) is 0 Å². The second kappa shape index (κ2) is 17.1. The molecular weight excluding hydrogens is 1000 g/mol. The lowest BCUT2D eigenvalue weighted by Crippen LogP contribution is -2.14. The molecule has 0 saturated carbocycles. The van der Waals surface area contributed by atoms with Crippen molar-refractivity contribution in [2.75, 3.05) is 0 Å². The summed E-state index contributed by atoms with van der Waals surface area (Å²) in [7, 11) is 0. The summed E-state index contributed by atoms with van der Waals surface area (Å²) in [5.41, 5.74) is 22.9. The SMILES string of the molecule is CC1(C)c2ccccc2-c2cc3c(cc21)[nH]c1c3ccc2oc3ccccc3c21.CC1(C)c2ccccc2-c2cc3c4ccc5oc6ccccc6c5c4n(-c4ccc(-c5nc(-c6ccccc6)nc(-c6ccccc6)n5)cc4)c3cc21. The van der Waals surface area contributed by atoms with Crippen molar-refractivity contribution < 1.29 is 8.83 Å². The molecule has 5 aromatic heterocycles. The molecule has 7 heteroatoms. The lowest BCUT2D eigenvalue weighted by molar-refractivity contribution is 0.661. The van der Waals surface area contributed by atoms with Crippen LogP contribution in [0.4, 0.5) is 0 Å². The molecular formula is C75H51N5O2. The predicted molar refractivity (Wildman–Crippen MR) is 336 cm³/mol. The number of benzene rings is 11. The summed E-state index contributed by atoms with van der Waals surface area (Å²) in [5, 5.41) is 9.52. The molecule has 0 atom stereocenters. The van der Waals surface area contributed by atoms with Crippen LogP contribution in [0.1, 0.15) is 49.9 Å². The van der Waals surface area contributed by atoms with Gasteiger partial charge in [0.1, 0.15) is 22.3 Å². The van der Waals surface area contributed by atoms with Crippen LogP contribution in [0.5, 0.6) is 0 Å². The summed E-state index contributed by atoms with van der Waals surface area (Å²) < 4.78 is 15.0. The van der Waals surface area contributed by atoms with Gasteiger partial charge in [-0.1, -0.05) is 173 Å². The Bertz CT molecular complexity index is 5270. The van der Waals surface area contributed by atoms with Crippen molar-refractivity contribution in [1.82, 2.24) is 24.5 Å². The van der Waals surface area contributed by atoms with Crippen molar-refractivity contribution in [1.29, 1.82) is 0 Å². The molecule has 5 heterocycles. The van der Waals surface area contributed by atoms with Crippen LogP contribution in [0.3, 0.4) is 0 Å². The highest BCUT2D eigenvalue weighted by Crippen LogP contribution is 2.53. The highest BCUT2D eigenvalue weighted by atomic mass is 16.3. The van der Waals surface area contributed by atoms with Crippen LogP contribution in [0.25, 0.3) is 150 Å². The van der Waals surface area contributed by atoms with E-state index in [0.29, 0.717) is 17.5 Å². The number of hydrogen-bond donors (Lipinski definition) is 1. The van der Waals surface area contributed by atoms with E-state index in [2.05, 4.69) is 189 Å². The first-order valence-corrected chi connectivity index (χ1v) is 28.2. The number of para-hydroxylation sites is 2. The van der Waals surface area contributed by atoms with E-state index >= 15 is 0 Å². The van der Waals surface area contributed by atoms with Crippen LogP contribution in [0.15, 0.2) is 239 Å². The molecule has 0 amide bonds. The first kappa shape index (κ1) is 46.5. The number of nitrogens with one attached hydrogen (secondary N) is 1. The molecule has 0 aliphatic heterocycles. The number of aromatic nitrogens is 5. The van der Waals surface area contributed by atoms with E-state index in [1.165, 1.54) is 82.5 Å². The van der Waals surface area contributed by atoms with Crippen molar-refractivity contribution >= 4 is 87.5 Å². The maximum absolute atomic E-state index is 6.44. The zero-order valence-corrected chi connectivity index (χ0v) is 45.5. The summed E-state index contributed by atoms with van der Waals surface area (Å²) in [6.45, 7) is 9.34. The molecule has 0 bridgehead atoms. The van der Waals surface area contributed by atoms with Gasteiger partial charge in [0, 0.05) is 71.0 Å². The summed E-state index contributed by atoms with van der Waals surface area (Å²) in [6.07, 6.45) is 0. The highest BCUT2D eigenvalue weighted by Gasteiger charge is 2.38. The van der Waals surface area contributed by atoms with E-state index in [0.717, 1.165) is 71.9 Å². The zero-order chi connectivity index (χ0) is 54.6. The Kier molecular flexibility index (Phi) is 9.69. The number of fused-ring (bicyclic) bond motifs is 20. The van der Waals surface area contributed by atoms with Gasteiger partial charge in [0.25, 0.3) is 0 Å². The molecule has 0 saturated heterocycles. The third-order valence-electron chi connectivity index (χ3n) is 17.9. The normalized spacial score (nSPS) is 13.8. The maximum atomic E-state index is 6.44. The molecule has 16 aromatic rings. The van der Waals surface area contributed by atoms with Crippen LogP contribution in [0.2, 0.25) is 0 Å². The third kappa shape index (κ3) is 6.68. The van der Waals surface area contributed by atoms with Crippen LogP contribution >= 0.6 is 0 Å². The molecule has 0 fully saturated rings. The van der Waals surface area contributed by atoms with Gasteiger partial charge in [-0.05, 0) is 129 Å². The minimum Gasteiger partial charge on any atom is -0.456 e. The van der Waals surface area contributed by atoms with Crippen LogP contribution in [-0.2, 0) is 10.8 Å². The summed E-state index contributed by atoms with van der Waals surface area (Å²) in [6, 6.07) is 81.4. The average molecular weight is 1050 g/mol. The minimum atomic E-state index is -0.130. The second-order valence-electron chi connectivity index (χ2n) is 23.1. The number of rotatable bonds is 4. The Balaban J connectivity index is 0.000000154. The second-order valence-corrected chi connectivity index (χ2v) is 23.1. The van der Waals surface area contributed by atoms with E-state index in [9.17, 15) is 0 Å². The Morgan fingerprint density at radius 3 is 1.43 bits per heavy atom. The topological polar surface area (TPSA) is 85.7 Å². The molecule has 7 nitrogen and oxygen atoms in total. The largest absolute Gasteiger partial charge is 0.456 e. The smallest absolute Gasteiger partial charge is 0.164 e. The number of hydrogen-bond acceptors (Lipinski definition) is 5. The standard InChI is InChI=1S/C48H32N4O.C27H19NO/c1-48(2)38-19-11-9-17-33(38)36-27-37-34-25-26-42-43(35-18-10-12-20-41(35)53-42)44(34)52(40(37)28-39(36)48)32-23-21-31(22-24-32)47-50-45(29-13-5-3-6-14-29)49-46(51-47)30-15-7-4-8-16-30;1-27(2)20-9-5-3-7-15(20)18-13-19-16-11-12-24-25(17-8-4-6-10-23(17)29-24)26(16)28-22(19)14-21(18)27/h3-28H,1-2H3;3-14,28H,1-2H3. The first-order chi connectivity index (χ1) is 40.2. The van der Waals surface area contributed by atoms with Crippen LogP contribution in [-0.4, -0.2) is 24.5 Å². The number of aromatic amines is 1. The summed E-state index contributed by atoms with van der Waals surface area (Å²) in [5.74, 6) is 1.92. The van der Waals surface area contributed by atoms with Crippen molar-refractivity contribution in [2.24, 2.45) is 0 Å². The first-order valence-electron chi connectivity index (χ1n) is 28.2. The number of H-pyrrole nitrogens is 1. The summed E-state index contributed by atoms with van der Waals surface area (Å²) >= 11 is 0. The molecule has 82 heavy (non-hydrogen) atoms. The molecule has 18 rings (SSSR count). The van der Waals surface area contributed by atoms with Crippen LogP contribution in [0, 0.1) is 0 Å². The molecule has 0 radical (unpaired) electrons. The lowest BCUT2D eigenvalue weighted by Gasteiger charge is -2.21. The average Bonchev–Trinajstić information content (AvgIpc) is 2.95. The zero-order valence-electron chi connectivity index (χ0n) is 45.5. The molecule has 388 valence electrons. The lowest BCUT2D eigenvalue weighted by atomic mass is 9.82. The van der Waals surface area contributed by atoms with Gasteiger partial charge in [-0.15, -0.1) is 0 Å². The Hall–Kier alpha value is -10.4. The molecule has 0 spiro atoms. The Labute approximate surface area is 471 Å². The van der Waals surface area contributed by atoms with Crippen molar-refractivity contribution in [3.63, 3.8) is 0 Å². The van der Waals surface area contributed by atoms with Crippen molar-refractivity contribution in [3.05, 3.63) is 253 Å². The van der Waals surface area contributed by atoms with Gasteiger partial charge in [-0.3, -0.25) is 0 Å². The van der Waals surface area contributed by atoms with Crippen LogP contribution < -0.4 is 0 Å². The molecule has 1 N–H and O–H groups in total. The molecule has 0 unspecified atom stereocenters. The summed E-state index contributed by atoms with van der Waals surface area (Å²) in [4.78, 5) is 18.6. The van der Waals surface area contributed by atoms with E-state index in [1.54, 1.807) is 0 Å². The Morgan fingerprint density at radius 1 is 0.354 bits per heavy atom. The van der Waals surface area contributed by atoms with Crippen molar-refractivity contribution in [2.45, 2.75) is 38.5 Å². The third-order valence-corrected chi connectivity index (χ3v) is 17.9.